The molecule has 2 amide bonds. The van der Waals surface area contributed by atoms with Gasteiger partial charge in [-0.1, -0.05) is 29.8 Å². The third-order valence-electron chi connectivity index (χ3n) is 4.71. The van der Waals surface area contributed by atoms with Crippen molar-refractivity contribution in [3.05, 3.63) is 34.9 Å². The molecule has 0 saturated carbocycles. The minimum absolute atomic E-state index is 0.101. The van der Waals surface area contributed by atoms with Crippen LogP contribution in [0.15, 0.2) is 24.3 Å². The Morgan fingerprint density at radius 1 is 1.22 bits per heavy atom. The first-order valence-corrected chi connectivity index (χ1v) is 9.47. The zero-order chi connectivity index (χ0) is 19.9. The number of carbonyl (C=O) groups excluding carboxylic acids is 2. The second-order valence-corrected chi connectivity index (χ2v) is 7.28. The molecule has 150 valence electrons. The molecule has 0 aromatic heterocycles. The predicted molar refractivity (Wildman–Crippen MR) is 97.1 cm³/mol. The average Bonchev–Trinajstić information content (AvgIpc) is 2.63. The largest absolute Gasteiger partial charge is 0.389 e. The van der Waals surface area contributed by atoms with Crippen LogP contribution in [0, 0.1) is 5.92 Å². The Bertz CT molecular complexity index is 652. The Morgan fingerprint density at radius 2 is 1.96 bits per heavy atom. The number of rotatable bonds is 7. The number of halogens is 4. The summed E-state index contributed by atoms with van der Waals surface area (Å²) in [5, 5.41) is 3.42. The van der Waals surface area contributed by atoms with E-state index < -0.39 is 24.9 Å². The van der Waals surface area contributed by atoms with Gasteiger partial charge in [-0.15, -0.1) is 0 Å². The van der Waals surface area contributed by atoms with Crippen LogP contribution < -0.4 is 5.32 Å². The summed E-state index contributed by atoms with van der Waals surface area (Å²) >= 11 is 6.05. The zero-order valence-corrected chi connectivity index (χ0v) is 15.8. The van der Waals surface area contributed by atoms with Crippen molar-refractivity contribution in [2.45, 2.75) is 51.2 Å². The number of piperidine rings is 1. The van der Waals surface area contributed by atoms with Gasteiger partial charge in [-0.05, 0) is 36.8 Å². The van der Waals surface area contributed by atoms with Crippen LogP contribution in [0.3, 0.4) is 0 Å². The summed E-state index contributed by atoms with van der Waals surface area (Å²) in [5.74, 6) is -0.421. The number of hydrogen-bond acceptors (Lipinski definition) is 2. The van der Waals surface area contributed by atoms with Crippen molar-refractivity contribution in [1.29, 1.82) is 0 Å². The molecule has 1 aliphatic rings. The van der Waals surface area contributed by atoms with Gasteiger partial charge in [0.25, 0.3) is 0 Å². The lowest BCUT2D eigenvalue weighted by atomic mass is 9.93. The highest BCUT2D eigenvalue weighted by Crippen LogP contribution is 2.25. The topological polar surface area (TPSA) is 49.4 Å². The predicted octanol–water partition coefficient (Wildman–Crippen LogP) is 4.32. The SMILES string of the molecule is O=C(CCC1CCCN(C(=O)CCC(F)(F)F)C1)NCc1ccccc1Cl. The number of carbonyl (C=O) groups is 2. The molecule has 0 aliphatic carbocycles. The monoisotopic (exact) mass is 404 g/mol. The first-order valence-electron chi connectivity index (χ1n) is 9.09. The van der Waals surface area contributed by atoms with Gasteiger partial charge >= 0.3 is 6.18 Å². The van der Waals surface area contributed by atoms with E-state index in [9.17, 15) is 22.8 Å². The fourth-order valence-corrected chi connectivity index (χ4v) is 3.40. The van der Waals surface area contributed by atoms with Crippen molar-refractivity contribution < 1.29 is 22.8 Å². The number of nitrogens with zero attached hydrogens (tertiary/aromatic N) is 1. The maximum Gasteiger partial charge on any atom is 0.389 e. The number of alkyl halides is 3. The summed E-state index contributed by atoms with van der Waals surface area (Å²) < 4.78 is 36.8. The molecule has 1 atom stereocenters. The molecule has 0 bridgehead atoms. The molecule has 2 rings (SSSR count). The van der Waals surface area contributed by atoms with Crippen molar-refractivity contribution >= 4 is 23.4 Å². The number of amides is 2. The van der Waals surface area contributed by atoms with E-state index in [1.807, 2.05) is 18.2 Å². The van der Waals surface area contributed by atoms with Crippen LogP contribution in [0.2, 0.25) is 5.02 Å². The quantitative estimate of drug-likeness (QED) is 0.735. The molecule has 27 heavy (non-hydrogen) atoms. The van der Waals surface area contributed by atoms with Crippen LogP contribution in [0.1, 0.15) is 44.1 Å². The lowest BCUT2D eigenvalue weighted by molar-refractivity contribution is -0.150. The maximum absolute atomic E-state index is 12.3. The fourth-order valence-electron chi connectivity index (χ4n) is 3.19. The first kappa shape index (κ1) is 21.5. The summed E-state index contributed by atoms with van der Waals surface area (Å²) in [6.45, 7) is 1.27. The highest BCUT2D eigenvalue weighted by atomic mass is 35.5. The van der Waals surface area contributed by atoms with Crippen molar-refractivity contribution in [3.63, 3.8) is 0 Å². The molecule has 1 unspecified atom stereocenters. The molecule has 4 nitrogen and oxygen atoms in total. The number of benzene rings is 1. The van der Waals surface area contributed by atoms with E-state index in [1.54, 1.807) is 6.07 Å². The highest BCUT2D eigenvalue weighted by molar-refractivity contribution is 6.31. The summed E-state index contributed by atoms with van der Waals surface area (Å²) in [5.41, 5.74) is 0.839. The Hall–Kier alpha value is -1.76. The Kier molecular flexibility index (Phi) is 7.95. The molecular weight excluding hydrogens is 381 g/mol. The molecule has 1 saturated heterocycles. The van der Waals surface area contributed by atoms with Gasteiger partial charge in [-0.25, -0.2) is 0 Å². The van der Waals surface area contributed by atoms with E-state index in [2.05, 4.69) is 5.32 Å². The Labute approximate surface area is 162 Å². The fraction of sp³-hybridized carbons (Fsp3) is 0.579. The molecule has 1 fully saturated rings. The average molecular weight is 405 g/mol. The summed E-state index contributed by atoms with van der Waals surface area (Å²) in [6, 6.07) is 7.27. The normalized spacial score (nSPS) is 17.6. The van der Waals surface area contributed by atoms with Gasteiger partial charge in [0.15, 0.2) is 0 Å². The van der Waals surface area contributed by atoms with Gasteiger partial charge in [0.1, 0.15) is 0 Å². The van der Waals surface area contributed by atoms with Crippen LogP contribution in [-0.4, -0.2) is 36.0 Å². The zero-order valence-electron chi connectivity index (χ0n) is 15.0. The molecule has 1 aliphatic heterocycles. The molecular formula is C19H24ClF3N2O2. The molecule has 1 heterocycles. The third kappa shape index (κ3) is 7.79. The van der Waals surface area contributed by atoms with Crippen LogP contribution >= 0.6 is 11.6 Å². The Balaban J connectivity index is 1.71. The highest BCUT2D eigenvalue weighted by Gasteiger charge is 2.30. The van der Waals surface area contributed by atoms with Crippen LogP contribution in [0.4, 0.5) is 13.2 Å². The van der Waals surface area contributed by atoms with Crippen LogP contribution in [-0.2, 0) is 16.1 Å². The molecule has 8 heteroatoms. The Morgan fingerprint density at radius 3 is 2.67 bits per heavy atom. The molecule has 1 aromatic carbocycles. The van der Waals surface area contributed by atoms with Crippen molar-refractivity contribution in [1.82, 2.24) is 10.2 Å². The van der Waals surface area contributed by atoms with E-state index in [4.69, 9.17) is 11.6 Å². The van der Waals surface area contributed by atoms with Crippen LogP contribution in [0.25, 0.3) is 0 Å². The summed E-state index contributed by atoms with van der Waals surface area (Å²) in [4.78, 5) is 25.5. The minimum Gasteiger partial charge on any atom is -0.352 e. The second-order valence-electron chi connectivity index (χ2n) is 6.87. The smallest absolute Gasteiger partial charge is 0.352 e. The van der Waals surface area contributed by atoms with E-state index in [-0.39, 0.29) is 11.8 Å². The van der Waals surface area contributed by atoms with Gasteiger partial charge in [-0.2, -0.15) is 13.2 Å². The van der Waals surface area contributed by atoms with Crippen molar-refractivity contribution in [3.8, 4) is 0 Å². The van der Waals surface area contributed by atoms with Crippen molar-refractivity contribution in [2.24, 2.45) is 5.92 Å². The van der Waals surface area contributed by atoms with Crippen LogP contribution in [0.5, 0.6) is 0 Å². The minimum atomic E-state index is -4.31. The lowest BCUT2D eigenvalue weighted by Crippen LogP contribution is -2.40. The number of hydrogen-bond donors (Lipinski definition) is 1. The van der Waals surface area contributed by atoms with Gasteiger partial charge in [0.2, 0.25) is 11.8 Å². The van der Waals surface area contributed by atoms with Gasteiger partial charge in [-0.3, -0.25) is 9.59 Å². The third-order valence-corrected chi connectivity index (χ3v) is 5.08. The second kappa shape index (κ2) is 9.97. The first-order chi connectivity index (χ1) is 12.7. The molecule has 0 radical (unpaired) electrons. The standard InChI is InChI=1S/C19H24ClF3N2O2/c20-16-6-2-1-5-15(16)12-24-17(26)8-7-14-4-3-11-25(13-14)18(27)9-10-19(21,22)23/h1-2,5-6,14H,3-4,7-13H2,(H,24,26). The molecule has 1 N–H and O–H groups in total. The lowest BCUT2D eigenvalue weighted by Gasteiger charge is -2.33. The van der Waals surface area contributed by atoms with E-state index in [0.717, 1.165) is 18.4 Å². The maximum atomic E-state index is 12.3. The van der Waals surface area contributed by atoms with Gasteiger partial charge in [0.05, 0.1) is 6.42 Å². The summed E-state index contributed by atoms with van der Waals surface area (Å²) in [7, 11) is 0. The summed E-state index contributed by atoms with van der Waals surface area (Å²) in [6.07, 6.45) is -3.35. The molecule has 0 spiro atoms. The number of nitrogens with one attached hydrogen (secondary N) is 1. The van der Waals surface area contributed by atoms with Crippen molar-refractivity contribution in [2.75, 3.05) is 13.1 Å². The molecule has 1 aromatic rings. The van der Waals surface area contributed by atoms with E-state index in [0.29, 0.717) is 37.5 Å². The van der Waals surface area contributed by atoms with E-state index >= 15 is 0 Å². The van der Waals surface area contributed by atoms with Gasteiger partial charge < -0.3 is 10.2 Å². The van der Waals surface area contributed by atoms with Gasteiger partial charge in [0, 0.05) is 37.5 Å². The van der Waals surface area contributed by atoms with E-state index in [1.165, 1.54) is 4.90 Å². The number of likely N-dealkylation sites (tertiary alicyclic amines) is 1.